The zero-order valence-corrected chi connectivity index (χ0v) is 21.4. The molecule has 9 nitrogen and oxygen atoms in total. The number of carbonyl (C=O) groups excluding carboxylic acids is 2. The number of likely N-dealkylation sites (N-methyl/N-ethyl adjacent to an activating group) is 1. The monoisotopic (exact) mass is 503 g/mol. The molecule has 0 bridgehead atoms. The van der Waals surface area contributed by atoms with Gasteiger partial charge in [-0.05, 0) is 42.0 Å². The Balaban J connectivity index is 1.57. The Bertz CT molecular complexity index is 1400. The lowest BCUT2D eigenvalue weighted by Gasteiger charge is -2.40. The van der Waals surface area contributed by atoms with E-state index in [0.29, 0.717) is 41.7 Å². The first kappa shape index (κ1) is 23.9. The largest absolute Gasteiger partial charge is 0.357 e. The van der Waals surface area contributed by atoms with Gasteiger partial charge in [0.1, 0.15) is 11.9 Å². The number of anilines is 1. The van der Waals surface area contributed by atoms with Gasteiger partial charge in [0.15, 0.2) is 5.65 Å². The molecule has 1 fully saturated rings. The first-order chi connectivity index (χ1) is 17.5. The van der Waals surface area contributed by atoms with Crippen molar-refractivity contribution in [1.29, 1.82) is 0 Å². The maximum absolute atomic E-state index is 13.1. The van der Waals surface area contributed by atoms with Gasteiger partial charge in [-0.25, -0.2) is 14.5 Å². The summed E-state index contributed by atoms with van der Waals surface area (Å²) in [6.45, 7) is 5.49. The number of rotatable bonds is 8. The number of pyridine rings is 1. The molecule has 2 atom stereocenters. The van der Waals surface area contributed by atoms with Crippen LogP contribution in [0.15, 0.2) is 48.1 Å². The summed E-state index contributed by atoms with van der Waals surface area (Å²) in [6.07, 6.45) is 5.32. The van der Waals surface area contributed by atoms with Crippen LogP contribution in [0.1, 0.15) is 37.0 Å². The Hall–Kier alpha value is -3.79. The predicted octanol–water partition coefficient (Wildman–Crippen LogP) is 3.62. The third-order valence-electron chi connectivity index (χ3n) is 6.66. The molecule has 1 aliphatic heterocycles. The zero-order chi connectivity index (χ0) is 25.2. The van der Waals surface area contributed by atoms with Crippen molar-refractivity contribution in [2.45, 2.75) is 32.7 Å². The number of nitrogens with one attached hydrogen (secondary N) is 2. The summed E-state index contributed by atoms with van der Waals surface area (Å²) in [5, 5.41) is 12.2. The lowest BCUT2D eigenvalue weighted by molar-refractivity contribution is -0.123. The van der Waals surface area contributed by atoms with Gasteiger partial charge in [0.2, 0.25) is 5.91 Å². The van der Waals surface area contributed by atoms with Gasteiger partial charge < -0.3 is 15.5 Å². The van der Waals surface area contributed by atoms with E-state index >= 15 is 0 Å². The molecule has 2 amide bonds. The molecule has 2 N–H and O–H groups in total. The van der Waals surface area contributed by atoms with Gasteiger partial charge >= 0.3 is 0 Å². The van der Waals surface area contributed by atoms with Crippen LogP contribution in [-0.2, 0) is 4.79 Å². The second-order valence-corrected chi connectivity index (χ2v) is 10.00. The summed E-state index contributed by atoms with van der Waals surface area (Å²) in [4.78, 5) is 38.2. The first-order valence-corrected chi connectivity index (χ1v) is 13.0. The zero-order valence-electron chi connectivity index (χ0n) is 20.6. The van der Waals surface area contributed by atoms with Crippen molar-refractivity contribution in [3.63, 3.8) is 0 Å². The molecule has 10 heteroatoms. The van der Waals surface area contributed by atoms with Gasteiger partial charge in [0, 0.05) is 31.9 Å². The van der Waals surface area contributed by atoms with Crippen molar-refractivity contribution in [3.8, 4) is 21.8 Å². The van der Waals surface area contributed by atoms with Gasteiger partial charge in [0.05, 0.1) is 28.0 Å². The molecule has 0 radical (unpaired) electrons. The fraction of sp³-hybridized carbons (Fsp3) is 0.346. The van der Waals surface area contributed by atoms with Crippen molar-refractivity contribution in [2.24, 2.45) is 5.92 Å². The fourth-order valence-electron chi connectivity index (χ4n) is 4.16. The minimum Gasteiger partial charge on any atom is -0.357 e. The van der Waals surface area contributed by atoms with Crippen molar-refractivity contribution < 1.29 is 9.59 Å². The lowest BCUT2D eigenvalue weighted by Crippen LogP contribution is -2.56. The maximum Gasteiger partial charge on any atom is 0.251 e. The van der Waals surface area contributed by atoms with E-state index in [9.17, 15) is 9.59 Å². The normalized spacial score (nSPS) is 16.0. The van der Waals surface area contributed by atoms with E-state index in [1.54, 1.807) is 41.2 Å². The van der Waals surface area contributed by atoms with Crippen molar-refractivity contribution in [2.75, 3.05) is 25.0 Å². The number of aromatic nitrogens is 4. The van der Waals surface area contributed by atoms with Crippen molar-refractivity contribution in [1.82, 2.24) is 30.2 Å². The van der Waals surface area contributed by atoms with Crippen molar-refractivity contribution in [3.05, 3.63) is 53.7 Å². The topological polar surface area (TPSA) is 105 Å². The average molecular weight is 504 g/mol. The quantitative estimate of drug-likeness (QED) is 0.381. The highest BCUT2D eigenvalue weighted by atomic mass is 32.1. The van der Waals surface area contributed by atoms with Gasteiger partial charge in [-0.2, -0.15) is 5.10 Å². The maximum atomic E-state index is 13.1. The van der Waals surface area contributed by atoms with Gasteiger partial charge in [-0.1, -0.05) is 26.3 Å². The Morgan fingerprint density at radius 3 is 2.78 bits per heavy atom. The standard InChI is InChI=1S/C26H29N7O2S/c1-4-16(2)14-28-25(34)17-12-20(30-23(13-17)32-9-8-21(32)26(35)27-3)18-15-29-33-10-7-19(31-24(18)33)22-6-5-11-36-22/h5-7,10-13,15-16,21H,4,8-9,14H2,1-3H3,(H,27,35)(H,28,34). The Labute approximate surface area is 213 Å². The van der Waals surface area contributed by atoms with E-state index in [4.69, 9.17) is 9.97 Å². The molecule has 0 saturated carbocycles. The molecular formula is C26H29N7O2S. The molecule has 5 rings (SSSR count). The van der Waals surface area contributed by atoms with Crippen LogP contribution in [0.5, 0.6) is 0 Å². The minimum atomic E-state index is -0.304. The van der Waals surface area contributed by atoms with E-state index in [0.717, 1.165) is 29.0 Å². The van der Waals surface area contributed by atoms with Crippen molar-refractivity contribution >= 4 is 34.6 Å². The number of hydrogen-bond acceptors (Lipinski definition) is 7. The van der Waals surface area contributed by atoms with E-state index in [2.05, 4.69) is 29.6 Å². The molecule has 4 aromatic rings. The summed E-state index contributed by atoms with van der Waals surface area (Å²) in [5.41, 5.74) is 3.32. The summed E-state index contributed by atoms with van der Waals surface area (Å²) >= 11 is 1.62. The van der Waals surface area contributed by atoms with Gasteiger partial charge in [-0.3, -0.25) is 9.59 Å². The third kappa shape index (κ3) is 4.56. The van der Waals surface area contributed by atoms with Crippen LogP contribution in [0.4, 0.5) is 5.82 Å². The first-order valence-electron chi connectivity index (χ1n) is 12.2. The highest BCUT2D eigenvalue weighted by Gasteiger charge is 2.35. The van der Waals surface area contributed by atoms with E-state index < -0.39 is 0 Å². The van der Waals surface area contributed by atoms with Gasteiger partial charge in [-0.15, -0.1) is 11.3 Å². The minimum absolute atomic E-state index is 0.0607. The summed E-state index contributed by atoms with van der Waals surface area (Å²) in [5.74, 6) is 0.743. The van der Waals surface area contributed by atoms with E-state index in [-0.39, 0.29) is 17.9 Å². The lowest BCUT2D eigenvalue weighted by atomic mass is 10.0. The van der Waals surface area contributed by atoms with E-state index in [1.807, 2.05) is 34.7 Å². The highest BCUT2D eigenvalue weighted by molar-refractivity contribution is 7.13. The average Bonchev–Trinajstić information content (AvgIpc) is 3.56. The summed E-state index contributed by atoms with van der Waals surface area (Å²) in [7, 11) is 1.63. The number of fused-ring (bicyclic) bond motifs is 1. The molecule has 0 aromatic carbocycles. The Morgan fingerprint density at radius 2 is 2.08 bits per heavy atom. The SMILES string of the molecule is CCC(C)CNC(=O)c1cc(-c2cnn3ccc(-c4cccs4)nc23)nc(N2CCC2C(=O)NC)c1. The van der Waals surface area contributed by atoms with Crippen LogP contribution < -0.4 is 15.5 Å². The molecule has 0 aliphatic carbocycles. The Morgan fingerprint density at radius 1 is 1.22 bits per heavy atom. The van der Waals surface area contributed by atoms with Crippen LogP contribution in [0.2, 0.25) is 0 Å². The molecule has 4 aromatic heterocycles. The number of carbonyl (C=O) groups is 2. The summed E-state index contributed by atoms with van der Waals surface area (Å²) in [6, 6.07) is 9.19. The number of nitrogens with zero attached hydrogens (tertiary/aromatic N) is 5. The molecule has 1 aliphatic rings. The van der Waals surface area contributed by atoms with E-state index in [1.165, 1.54) is 0 Å². The molecule has 186 valence electrons. The van der Waals surface area contributed by atoms with Crippen LogP contribution in [0.25, 0.3) is 27.5 Å². The molecule has 36 heavy (non-hydrogen) atoms. The third-order valence-corrected chi connectivity index (χ3v) is 7.56. The Kier molecular flexibility index (Phi) is 6.69. The van der Waals surface area contributed by atoms with Crippen LogP contribution in [-0.4, -0.2) is 57.6 Å². The second-order valence-electron chi connectivity index (χ2n) is 9.05. The fourth-order valence-corrected chi connectivity index (χ4v) is 4.85. The summed E-state index contributed by atoms with van der Waals surface area (Å²) < 4.78 is 1.71. The van der Waals surface area contributed by atoms with Crippen LogP contribution >= 0.6 is 11.3 Å². The number of thiophene rings is 1. The highest BCUT2D eigenvalue weighted by Crippen LogP contribution is 2.31. The molecule has 0 spiro atoms. The van der Waals surface area contributed by atoms with Gasteiger partial charge in [0.25, 0.3) is 5.91 Å². The molecular weight excluding hydrogens is 474 g/mol. The van der Waals surface area contributed by atoms with Crippen LogP contribution in [0.3, 0.4) is 0 Å². The predicted molar refractivity (Wildman–Crippen MR) is 141 cm³/mol. The molecule has 5 heterocycles. The number of amides is 2. The van der Waals surface area contributed by atoms with Crippen LogP contribution in [0, 0.1) is 5.92 Å². The smallest absolute Gasteiger partial charge is 0.251 e. The second kappa shape index (κ2) is 10.1. The molecule has 2 unspecified atom stereocenters. The number of hydrogen-bond donors (Lipinski definition) is 2. The molecule has 1 saturated heterocycles.